The number of ether oxygens (including phenoxy) is 1. The highest BCUT2D eigenvalue weighted by Crippen LogP contribution is 2.08. The Bertz CT molecular complexity index is 391. The number of nitrogens with zero attached hydrogens (tertiary/aromatic N) is 2. The van der Waals surface area contributed by atoms with Crippen LogP contribution in [0.5, 0.6) is 0 Å². The lowest BCUT2D eigenvalue weighted by atomic mass is 10.3. The average molecular weight is 297 g/mol. The molecule has 1 aliphatic heterocycles. The zero-order valence-electron chi connectivity index (χ0n) is 11.2. The van der Waals surface area contributed by atoms with E-state index in [9.17, 15) is 14.4 Å². The van der Waals surface area contributed by atoms with Gasteiger partial charge in [-0.25, -0.2) is 14.4 Å². The van der Waals surface area contributed by atoms with E-state index in [4.69, 9.17) is 14.4 Å². The van der Waals surface area contributed by atoms with Crippen LogP contribution >= 0.6 is 0 Å². The second kappa shape index (κ2) is 7.94. The van der Waals surface area contributed by atoms with Crippen molar-refractivity contribution >= 4 is 17.9 Å². The zero-order chi connectivity index (χ0) is 15.8. The van der Waals surface area contributed by atoms with Gasteiger partial charge in [0, 0.05) is 18.2 Å². The molecule has 0 radical (unpaired) electrons. The molecule has 0 saturated carbocycles. The molecule has 0 atom stereocenters. The molecule has 1 saturated heterocycles. The van der Waals surface area contributed by atoms with Crippen LogP contribution in [0.4, 0.5) is 0 Å². The van der Waals surface area contributed by atoms with Crippen LogP contribution in [0, 0.1) is 0 Å². The molecule has 9 nitrogen and oxygen atoms in total. The van der Waals surface area contributed by atoms with Crippen LogP contribution in [0.3, 0.4) is 0 Å². The lowest BCUT2D eigenvalue weighted by molar-refractivity contribution is -0.319. The molecule has 0 aromatic rings. The summed E-state index contributed by atoms with van der Waals surface area (Å²) in [4.78, 5) is 43.2. The van der Waals surface area contributed by atoms with Crippen LogP contribution in [0.25, 0.3) is 0 Å². The number of esters is 1. The second-order valence-corrected chi connectivity index (χ2v) is 3.71. The minimum atomic E-state index is -0.742. The van der Waals surface area contributed by atoms with E-state index in [2.05, 4.69) is 25.3 Å². The van der Waals surface area contributed by atoms with Gasteiger partial charge in [0.25, 0.3) is 0 Å². The van der Waals surface area contributed by atoms with Crippen molar-refractivity contribution < 1.29 is 28.8 Å². The highest BCUT2D eigenvalue weighted by Gasteiger charge is 2.31. The fourth-order valence-corrected chi connectivity index (χ4v) is 1.33. The Morgan fingerprint density at radius 3 is 1.71 bits per heavy atom. The molecule has 0 amide bonds. The van der Waals surface area contributed by atoms with E-state index in [1.54, 1.807) is 0 Å². The van der Waals surface area contributed by atoms with Gasteiger partial charge in [-0.15, -0.1) is 5.53 Å². The molecule has 0 spiro atoms. The van der Waals surface area contributed by atoms with Crippen molar-refractivity contribution in [3.05, 3.63) is 38.0 Å². The summed E-state index contributed by atoms with van der Waals surface area (Å²) in [6, 6.07) is 0. The number of nitrogens with one attached hydrogen (secondary N) is 1. The van der Waals surface area contributed by atoms with Crippen molar-refractivity contribution in [3.8, 4) is 0 Å². The number of hydrogen-bond acceptors (Lipinski definition) is 9. The van der Waals surface area contributed by atoms with Gasteiger partial charge in [0.05, 0.1) is 13.1 Å². The van der Waals surface area contributed by atoms with Gasteiger partial charge in [-0.2, -0.15) is 0 Å². The highest BCUT2D eigenvalue weighted by atomic mass is 16.8. The molecular formula is C12H15N3O6. The summed E-state index contributed by atoms with van der Waals surface area (Å²) < 4.78 is 5.02. The SMILES string of the molecule is C=CC(=O)OC1CN(OC(=O)C=C)NN(OC(=O)C=C)C1. The third kappa shape index (κ3) is 5.57. The van der Waals surface area contributed by atoms with E-state index in [0.29, 0.717) is 0 Å². The topological polar surface area (TPSA) is 97.4 Å². The van der Waals surface area contributed by atoms with Gasteiger partial charge >= 0.3 is 17.9 Å². The molecule has 21 heavy (non-hydrogen) atoms. The molecule has 0 bridgehead atoms. The van der Waals surface area contributed by atoms with Crippen LogP contribution < -0.4 is 5.53 Å². The van der Waals surface area contributed by atoms with Crippen molar-refractivity contribution in [1.82, 2.24) is 15.9 Å². The average Bonchev–Trinajstić information content (AvgIpc) is 2.46. The molecule has 0 unspecified atom stereocenters. The summed E-state index contributed by atoms with van der Waals surface area (Å²) in [5, 5.41) is 1.87. The van der Waals surface area contributed by atoms with Crippen molar-refractivity contribution in [3.63, 3.8) is 0 Å². The van der Waals surface area contributed by atoms with E-state index >= 15 is 0 Å². The minimum absolute atomic E-state index is 0.0152. The molecule has 1 heterocycles. The van der Waals surface area contributed by atoms with Crippen LogP contribution in [-0.2, 0) is 28.8 Å². The van der Waals surface area contributed by atoms with Gasteiger partial charge in [0.1, 0.15) is 6.10 Å². The molecule has 0 aromatic carbocycles. The number of rotatable bonds is 6. The van der Waals surface area contributed by atoms with Crippen LogP contribution in [0.2, 0.25) is 0 Å². The molecule has 1 N–H and O–H groups in total. The predicted octanol–water partition coefficient (Wildman–Crippen LogP) is -0.590. The molecule has 0 aliphatic carbocycles. The van der Waals surface area contributed by atoms with Crippen molar-refractivity contribution in [2.75, 3.05) is 13.1 Å². The van der Waals surface area contributed by atoms with Crippen molar-refractivity contribution in [2.45, 2.75) is 6.10 Å². The third-order valence-corrected chi connectivity index (χ3v) is 2.15. The van der Waals surface area contributed by atoms with Crippen LogP contribution in [0.1, 0.15) is 0 Å². The quantitative estimate of drug-likeness (QED) is 0.509. The number of hydrogen-bond donors (Lipinski definition) is 1. The summed E-state index contributed by atoms with van der Waals surface area (Å²) in [6.07, 6.45) is 2.15. The lowest BCUT2D eigenvalue weighted by Crippen LogP contribution is -2.61. The first-order chi connectivity index (χ1) is 9.98. The van der Waals surface area contributed by atoms with Crippen LogP contribution in [-0.4, -0.2) is 47.4 Å². The monoisotopic (exact) mass is 297 g/mol. The van der Waals surface area contributed by atoms with Gasteiger partial charge in [-0.1, -0.05) is 30.1 Å². The molecule has 0 aromatic heterocycles. The smallest absolute Gasteiger partial charge is 0.350 e. The molecule has 1 fully saturated rings. The second-order valence-electron chi connectivity index (χ2n) is 3.71. The number of hydroxylamine groups is 2. The number of hydrazine groups is 2. The standard InChI is InChI=1S/C12H15N3O6/c1-4-10(16)19-9-7-14(20-11(17)5-2)13-15(8-9)21-12(18)6-3/h4-6,9,13H,1-3,7-8H2. The molecular weight excluding hydrogens is 282 g/mol. The first-order valence-electron chi connectivity index (χ1n) is 5.81. The fraction of sp³-hybridized carbons (Fsp3) is 0.250. The van der Waals surface area contributed by atoms with Gasteiger partial charge in [-0.3, -0.25) is 0 Å². The maximum absolute atomic E-state index is 11.2. The maximum Gasteiger partial charge on any atom is 0.350 e. The number of carbonyl (C=O) groups is 3. The molecule has 114 valence electrons. The van der Waals surface area contributed by atoms with E-state index in [0.717, 1.165) is 28.6 Å². The fourth-order valence-electron chi connectivity index (χ4n) is 1.33. The minimum Gasteiger partial charge on any atom is -0.456 e. The summed E-state index contributed by atoms with van der Waals surface area (Å²) in [5.41, 5.74) is 2.47. The van der Waals surface area contributed by atoms with E-state index < -0.39 is 24.0 Å². The Balaban J connectivity index is 2.71. The molecule has 1 rings (SSSR count). The Hall–Kier alpha value is -2.49. The number of carbonyl (C=O) groups excluding carboxylic acids is 3. The van der Waals surface area contributed by atoms with Crippen molar-refractivity contribution in [1.29, 1.82) is 0 Å². The van der Waals surface area contributed by atoms with E-state index in [1.165, 1.54) is 0 Å². The van der Waals surface area contributed by atoms with Gasteiger partial charge in [0.2, 0.25) is 0 Å². The summed E-state index contributed by atoms with van der Waals surface area (Å²) >= 11 is 0. The lowest BCUT2D eigenvalue weighted by Gasteiger charge is -2.36. The first-order valence-corrected chi connectivity index (χ1v) is 5.81. The zero-order valence-corrected chi connectivity index (χ0v) is 11.2. The summed E-state index contributed by atoms with van der Waals surface area (Å²) in [7, 11) is 0. The summed E-state index contributed by atoms with van der Waals surface area (Å²) in [6.45, 7) is 9.80. The molecule has 1 aliphatic rings. The van der Waals surface area contributed by atoms with Gasteiger partial charge < -0.3 is 14.4 Å². The van der Waals surface area contributed by atoms with Gasteiger partial charge in [-0.05, 0) is 0 Å². The highest BCUT2D eigenvalue weighted by molar-refractivity contribution is 5.82. The predicted molar refractivity (Wildman–Crippen MR) is 69.2 cm³/mol. The Kier molecular flexibility index (Phi) is 6.27. The Morgan fingerprint density at radius 2 is 1.33 bits per heavy atom. The maximum atomic E-state index is 11.2. The van der Waals surface area contributed by atoms with Crippen molar-refractivity contribution in [2.24, 2.45) is 0 Å². The normalized spacial score (nSPS) is 16.6. The third-order valence-electron chi connectivity index (χ3n) is 2.15. The first kappa shape index (κ1) is 16.6. The Labute approximate surface area is 120 Å². The van der Waals surface area contributed by atoms with Gasteiger partial charge in [0.15, 0.2) is 0 Å². The van der Waals surface area contributed by atoms with E-state index in [-0.39, 0.29) is 13.1 Å². The largest absolute Gasteiger partial charge is 0.456 e. The Morgan fingerprint density at radius 1 is 0.905 bits per heavy atom. The summed E-state index contributed by atoms with van der Waals surface area (Å²) in [5.74, 6) is -2.15. The van der Waals surface area contributed by atoms with E-state index in [1.807, 2.05) is 0 Å². The molecule has 9 heteroatoms. The van der Waals surface area contributed by atoms with Crippen LogP contribution in [0.15, 0.2) is 38.0 Å².